The number of hydrogen-bond acceptors (Lipinski definition) is 2. The first-order valence-electron chi connectivity index (χ1n) is 4.39. The second kappa shape index (κ2) is 4.38. The van der Waals surface area contributed by atoms with Gasteiger partial charge in [-0.1, -0.05) is 12.1 Å². The summed E-state index contributed by atoms with van der Waals surface area (Å²) in [6, 6.07) is 3.91. The molecule has 0 aliphatic carbocycles. The molecular formula is C11H9F3O2. The van der Waals surface area contributed by atoms with E-state index in [1.165, 1.54) is 6.92 Å². The average molecular weight is 230 g/mol. The maximum atomic E-state index is 12.2. The van der Waals surface area contributed by atoms with Crippen LogP contribution in [0.15, 0.2) is 30.3 Å². The molecule has 0 aliphatic rings. The molecule has 0 saturated heterocycles. The number of hydrogen-bond donors (Lipinski definition) is 1. The van der Waals surface area contributed by atoms with E-state index in [0.29, 0.717) is 0 Å². The van der Waals surface area contributed by atoms with Crippen molar-refractivity contribution >= 4 is 11.5 Å². The maximum absolute atomic E-state index is 12.2. The van der Waals surface area contributed by atoms with E-state index in [0.717, 1.165) is 30.3 Å². The molecule has 2 nitrogen and oxygen atoms in total. The monoisotopic (exact) mass is 230 g/mol. The first-order valence-corrected chi connectivity index (χ1v) is 4.39. The van der Waals surface area contributed by atoms with Crippen LogP contribution in [-0.4, -0.2) is 10.9 Å². The predicted molar refractivity (Wildman–Crippen MR) is 52.7 cm³/mol. The van der Waals surface area contributed by atoms with Crippen molar-refractivity contribution in [1.29, 1.82) is 0 Å². The molecule has 0 saturated carbocycles. The molecule has 0 atom stereocenters. The summed E-state index contributed by atoms with van der Waals surface area (Å²) in [5.74, 6) is -0.723. The fourth-order valence-corrected chi connectivity index (χ4v) is 1.11. The van der Waals surface area contributed by atoms with Crippen LogP contribution in [-0.2, 0) is 11.0 Å². The Hall–Kier alpha value is -1.78. The molecule has 16 heavy (non-hydrogen) atoms. The Bertz CT molecular complexity index is 416. The fraction of sp³-hybridized carbons (Fsp3) is 0.182. The summed E-state index contributed by atoms with van der Waals surface area (Å²) in [6.07, 6.45) is -3.46. The highest BCUT2D eigenvalue weighted by atomic mass is 19.4. The minimum absolute atomic E-state index is 0.170. The quantitative estimate of drug-likeness (QED) is 0.625. The number of rotatable bonds is 2. The molecule has 0 radical (unpaired) electrons. The van der Waals surface area contributed by atoms with Gasteiger partial charge in [-0.3, -0.25) is 4.79 Å². The van der Waals surface area contributed by atoms with E-state index in [1.54, 1.807) is 0 Å². The Morgan fingerprint density at radius 3 is 2.12 bits per heavy atom. The summed E-state index contributed by atoms with van der Waals surface area (Å²) in [4.78, 5) is 10.6. The lowest BCUT2D eigenvalue weighted by Gasteiger charge is -2.07. The zero-order valence-corrected chi connectivity index (χ0v) is 8.38. The topological polar surface area (TPSA) is 37.3 Å². The number of carbonyl (C=O) groups excluding carboxylic acids is 1. The Morgan fingerprint density at radius 1 is 1.25 bits per heavy atom. The molecular weight excluding hydrogens is 221 g/mol. The second-order valence-electron chi connectivity index (χ2n) is 3.22. The summed E-state index contributed by atoms with van der Waals surface area (Å²) in [7, 11) is 0. The number of aliphatic hydroxyl groups excluding tert-OH is 1. The first-order chi connectivity index (χ1) is 7.30. The van der Waals surface area contributed by atoms with Crippen molar-refractivity contribution in [2.75, 3.05) is 0 Å². The fourth-order valence-electron chi connectivity index (χ4n) is 1.11. The van der Waals surface area contributed by atoms with Gasteiger partial charge in [0, 0.05) is 11.6 Å². The van der Waals surface area contributed by atoms with Crippen molar-refractivity contribution in [3.63, 3.8) is 0 Å². The van der Waals surface area contributed by atoms with Crippen LogP contribution in [0.25, 0.3) is 5.76 Å². The molecule has 1 rings (SSSR count). The van der Waals surface area contributed by atoms with Crippen molar-refractivity contribution in [3.8, 4) is 0 Å². The number of benzene rings is 1. The van der Waals surface area contributed by atoms with Crippen LogP contribution in [0.2, 0.25) is 0 Å². The van der Waals surface area contributed by atoms with Gasteiger partial charge in [-0.05, 0) is 19.1 Å². The van der Waals surface area contributed by atoms with Crippen LogP contribution in [0.4, 0.5) is 13.2 Å². The van der Waals surface area contributed by atoms with Gasteiger partial charge in [-0.15, -0.1) is 0 Å². The molecule has 0 spiro atoms. The van der Waals surface area contributed by atoms with Crippen molar-refractivity contribution in [3.05, 3.63) is 41.5 Å². The average Bonchev–Trinajstić information content (AvgIpc) is 2.15. The first kappa shape index (κ1) is 12.3. The van der Waals surface area contributed by atoms with E-state index in [2.05, 4.69) is 0 Å². The van der Waals surface area contributed by atoms with Crippen LogP contribution in [0.5, 0.6) is 0 Å². The standard InChI is InChI=1S/C11H9F3O2/c1-7(15)6-10(16)8-2-4-9(5-3-8)11(12,13)14/h2-6,16H,1H3. The largest absolute Gasteiger partial charge is 0.507 e. The third-order valence-corrected chi connectivity index (χ3v) is 1.85. The molecule has 1 aromatic carbocycles. The molecule has 86 valence electrons. The summed E-state index contributed by atoms with van der Waals surface area (Å²) in [6.45, 7) is 1.24. The van der Waals surface area contributed by atoms with E-state index >= 15 is 0 Å². The SMILES string of the molecule is CC(=O)C=C(O)c1ccc(C(F)(F)F)cc1. The number of alkyl halides is 3. The van der Waals surface area contributed by atoms with Crippen molar-refractivity contribution in [1.82, 2.24) is 0 Å². The van der Waals surface area contributed by atoms with Gasteiger partial charge in [-0.25, -0.2) is 0 Å². The van der Waals surface area contributed by atoms with Crippen LogP contribution in [0, 0.1) is 0 Å². The van der Waals surface area contributed by atoms with Crippen LogP contribution < -0.4 is 0 Å². The lowest BCUT2D eigenvalue weighted by Crippen LogP contribution is -2.04. The van der Waals surface area contributed by atoms with Gasteiger partial charge in [0.2, 0.25) is 0 Å². The molecule has 1 N–H and O–H groups in total. The minimum atomic E-state index is -4.40. The van der Waals surface area contributed by atoms with E-state index in [-0.39, 0.29) is 17.1 Å². The molecule has 0 aromatic heterocycles. The number of aliphatic hydroxyl groups is 1. The van der Waals surface area contributed by atoms with Gasteiger partial charge in [0.25, 0.3) is 0 Å². The lowest BCUT2D eigenvalue weighted by molar-refractivity contribution is -0.137. The highest BCUT2D eigenvalue weighted by Gasteiger charge is 2.29. The Morgan fingerprint density at radius 2 is 1.75 bits per heavy atom. The zero-order chi connectivity index (χ0) is 12.3. The summed E-state index contributed by atoms with van der Waals surface area (Å²) >= 11 is 0. The van der Waals surface area contributed by atoms with Crippen LogP contribution in [0.3, 0.4) is 0 Å². The van der Waals surface area contributed by atoms with E-state index in [4.69, 9.17) is 0 Å². The Kier molecular flexibility index (Phi) is 3.37. The predicted octanol–water partition coefficient (Wildman–Crippen LogP) is 3.19. The number of halogens is 3. The summed E-state index contributed by atoms with van der Waals surface area (Å²) in [5, 5.41) is 9.34. The Balaban J connectivity index is 3.00. The van der Waals surface area contributed by atoms with Crippen molar-refractivity contribution < 1.29 is 23.1 Å². The van der Waals surface area contributed by atoms with Gasteiger partial charge in [0.1, 0.15) is 5.76 Å². The lowest BCUT2D eigenvalue weighted by atomic mass is 10.1. The minimum Gasteiger partial charge on any atom is -0.507 e. The third kappa shape index (κ3) is 3.12. The molecule has 0 aliphatic heterocycles. The van der Waals surface area contributed by atoms with Crippen LogP contribution in [0.1, 0.15) is 18.1 Å². The van der Waals surface area contributed by atoms with Gasteiger partial charge < -0.3 is 5.11 Å². The number of allylic oxidation sites excluding steroid dienone is 1. The highest BCUT2D eigenvalue weighted by Crippen LogP contribution is 2.29. The van der Waals surface area contributed by atoms with Gasteiger partial charge in [-0.2, -0.15) is 13.2 Å². The molecule has 0 amide bonds. The zero-order valence-electron chi connectivity index (χ0n) is 8.38. The van der Waals surface area contributed by atoms with E-state index in [9.17, 15) is 23.1 Å². The normalized spacial score (nSPS) is 12.6. The highest BCUT2D eigenvalue weighted by molar-refractivity contribution is 5.93. The third-order valence-electron chi connectivity index (χ3n) is 1.85. The van der Waals surface area contributed by atoms with Crippen LogP contribution >= 0.6 is 0 Å². The van der Waals surface area contributed by atoms with E-state index in [1.807, 2.05) is 0 Å². The maximum Gasteiger partial charge on any atom is 0.416 e. The smallest absolute Gasteiger partial charge is 0.416 e. The summed E-state index contributed by atoms with van der Waals surface area (Å²) < 4.78 is 36.6. The molecule has 1 aromatic rings. The second-order valence-corrected chi connectivity index (χ2v) is 3.22. The van der Waals surface area contributed by atoms with E-state index < -0.39 is 11.7 Å². The van der Waals surface area contributed by atoms with Gasteiger partial charge in [0.05, 0.1) is 5.56 Å². The molecule has 5 heteroatoms. The molecule has 0 fully saturated rings. The van der Waals surface area contributed by atoms with Crippen molar-refractivity contribution in [2.45, 2.75) is 13.1 Å². The number of carbonyl (C=O) groups is 1. The molecule has 0 heterocycles. The summed E-state index contributed by atoms with van der Waals surface area (Å²) in [5.41, 5.74) is -0.630. The number of ketones is 1. The van der Waals surface area contributed by atoms with Gasteiger partial charge >= 0.3 is 6.18 Å². The Labute approximate surface area is 90.0 Å². The molecule has 0 bridgehead atoms. The van der Waals surface area contributed by atoms with Crippen molar-refractivity contribution in [2.24, 2.45) is 0 Å². The van der Waals surface area contributed by atoms with Gasteiger partial charge in [0.15, 0.2) is 5.78 Å². The molecule has 0 unspecified atom stereocenters.